The van der Waals surface area contributed by atoms with Gasteiger partial charge in [0, 0.05) is 19.3 Å². The van der Waals surface area contributed by atoms with Crippen LogP contribution in [-0.4, -0.2) is 37.2 Å². The SMILES string of the molecule is CC/C=C\C/C=C\C/C=C\CCCCCCCCC(=O)OC(COC(=O)CCCCCCC\C=C/C=C\C=C/C=C\C=C/CCC)COC(=O)CCCCCCCCCCCC. The summed E-state index contributed by atoms with van der Waals surface area (Å²) in [6.07, 6.45) is 65.2. The fraction of sp³-hybridized carbons (Fsp3) is 0.661. The van der Waals surface area contributed by atoms with Crippen molar-refractivity contribution in [1.29, 1.82) is 0 Å². The van der Waals surface area contributed by atoms with Crippen LogP contribution in [0.3, 0.4) is 0 Å². The maximum absolute atomic E-state index is 12.8. The van der Waals surface area contributed by atoms with Gasteiger partial charge in [0.15, 0.2) is 6.10 Å². The van der Waals surface area contributed by atoms with E-state index in [9.17, 15) is 14.4 Å². The Morgan fingerprint density at radius 1 is 0.355 bits per heavy atom. The van der Waals surface area contributed by atoms with Gasteiger partial charge >= 0.3 is 17.9 Å². The van der Waals surface area contributed by atoms with Crippen LogP contribution in [0.4, 0.5) is 0 Å². The van der Waals surface area contributed by atoms with Gasteiger partial charge in [0.2, 0.25) is 0 Å². The van der Waals surface area contributed by atoms with E-state index in [-0.39, 0.29) is 31.1 Å². The molecule has 0 aromatic carbocycles. The molecule has 1 unspecified atom stereocenters. The summed E-state index contributed by atoms with van der Waals surface area (Å²) in [4.78, 5) is 37.9. The van der Waals surface area contributed by atoms with Gasteiger partial charge in [-0.1, -0.05) is 227 Å². The largest absolute Gasteiger partial charge is 0.462 e. The highest BCUT2D eigenvalue weighted by molar-refractivity contribution is 5.71. The van der Waals surface area contributed by atoms with E-state index in [0.29, 0.717) is 19.3 Å². The Morgan fingerprint density at radius 3 is 1.19 bits per heavy atom. The molecule has 0 N–H and O–H groups in total. The second kappa shape index (κ2) is 50.0. The summed E-state index contributed by atoms with van der Waals surface area (Å²) in [5.74, 6) is -0.935. The number of ether oxygens (including phenoxy) is 3. The van der Waals surface area contributed by atoms with E-state index in [0.717, 1.165) is 116 Å². The molecule has 0 fully saturated rings. The minimum absolute atomic E-state index is 0.0913. The molecule has 352 valence electrons. The van der Waals surface area contributed by atoms with E-state index in [1.807, 2.05) is 24.3 Å². The monoisotopic (exact) mass is 861 g/mol. The zero-order valence-electron chi connectivity index (χ0n) is 40.1. The van der Waals surface area contributed by atoms with Gasteiger partial charge in [-0.15, -0.1) is 0 Å². The van der Waals surface area contributed by atoms with Crippen molar-refractivity contribution in [2.75, 3.05) is 13.2 Å². The Balaban J connectivity index is 4.45. The van der Waals surface area contributed by atoms with E-state index in [1.54, 1.807) is 0 Å². The molecule has 62 heavy (non-hydrogen) atoms. The van der Waals surface area contributed by atoms with Gasteiger partial charge in [0.1, 0.15) is 13.2 Å². The highest BCUT2D eigenvalue weighted by Gasteiger charge is 2.19. The van der Waals surface area contributed by atoms with E-state index in [4.69, 9.17) is 14.2 Å². The summed E-state index contributed by atoms with van der Waals surface area (Å²) < 4.78 is 16.7. The molecule has 0 rings (SSSR count). The van der Waals surface area contributed by atoms with Crippen LogP contribution in [0.5, 0.6) is 0 Å². The average Bonchev–Trinajstić information content (AvgIpc) is 3.27. The van der Waals surface area contributed by atoms with Crippen molar-refractivity contribution >= 4 is 17.9 Å². The number of allylic oxidation sites excluding steroid dienone is 16. The van der Waals surface area contributed by atoms with Crippen LogP contribution in [0.15, 0.2) is 97.2 Å². The fourth-order valence-corrected chi connectivity index (χ4v) is 6.66. The molecule has 0 bridgehead atoms. The molecule has 1 atom stereocenters. The molecular weight excluding hydrogens is 769 g/mol. The number of esters is 3. The zero-order valence-corrected chi connectivity index (χ0v) is 40.1. The van der Waals surface area contributed by atoms with Crippen LogP contribution in [0.2, 0.25) is 0 Å². The lowest BCUT2D eigenvalue weighted by molar-refractivity contribution is -0.167. The fourth-order valence-electron chi connectivity index (χ4n) is 6.66. The van der Waals surface area contributed by atoms with Crippen LogP contribution < -0.4 is 0 Å². The van der Waals surface area contributed by atoms with Crippen molar-refractivity contribution in [2.24, 2.45) is 0 Å². The molecule has 0 heterocycles. The summed E-state index contributed by atoms with van der Waals surface area (Å²) in [5.41, 5.74) is 0. The van der Waals surface area contributed by atoms with E-state index in [2.05, 4.69) is 93.7 Å². The van der Waals surface area contributed by atoms with Crippen LogP contribution in [-0.2, 0) is 28.6 Å². The Labute approximate surface area is 381 Å². The summed E-state index contributed by atoms with van der Waals surface area (Å²) in [6, 6.07) is 0. The minimum atomic E-state index is -0.793. The maximum Gasteiger partial charge on any atom is 0.306 e. The molecule has 0 amide bonds. The maximum atomic E-state index is 12.8. The van der Waals surface area contributed by atoms with Gasteiger partial charge in [0.05, 0.1) is 0 Å². The van der Waals surface area contributed by atoms with Crippen molar-refractivity contribution in [2.45, 2.75) is 226 Å². The number of carbonyl (C=O) groups excluding carboxylic acids is 3. The van der Waals surface area contributed by atoms with Crippen molar-refractivity contribution < 1.29 is 28.6 Å². The molecule has 0 radical (unpaired) electrons. The molecule has 0 spiro atoms. The first-order chi connectivity index (χ1) is 30.5. The number of carbonyl (C=O) groups is 3. The molecule has 0 aliphatic rings. The van der Waals surface area contributed by atoms with Crippen LogP contribution in [0.1, 0.15) is 220 Å². The predicted molar refractivity (Wildman–Crippen MR) is 265 cm³/mol. The third kappa shape index (κ3) is 47.4. The highest BCUT2D eigenvalue weighted by atomic mass is 16.6. The van der Waals surface area contributed by atoms with E-state index >= 15 is 0 Å². The smallest absolute Gasteiger partial charge is 0.306 e. The third-order valence-corrected chi connectivity index (χ3v) is 10.4. The van der Waals surface area contributed by atoms with Crippen molar-refractivity contribution in [3.05, 3.63) is 97.2 Å². The molecule has 0 aromatic heterocycles. The van der Waals surface area contributed by atoms with Crippen molar-refractivity contribution in [3.8, 4) is 0 Å². The quantitative estimate of drug-likeness (QED) is 0.0200. The molecule has 0 aliphatic carbocycles. The average molecular weight is 861 g/mol. The third-order valence-electron chi connectivity index (χ3n) is 10.4. The van der Waals surface area contributed by atoms with Gasteiger partial charge in [-0.05, 0) is 70.6 Å². The Kier molecular flexibility index (Phi) is 47.0. The lowest BCUT2D eigenvalue weighted by Crippen LogP contribution is -2.30. The first-order valence-electron chi connectivity index (χ1n) is 25.3. The number of rotatable bonds is 44. The number of hydrogen-bond acceptors (Lipinski definition) is 6. The lowest BCUT2D eigenvalue weighted by Gasteiger charge is -2.18. The van der Waals surface area contributed by atoms with Crippen molar-refractivity contribution in [1.82, 2.24) is 0 Å². The summed E-state index contributed by atoms with van der Waals surface area (Å²) >= 11 is 0. The highest BCUT2D eigenvalue weighted by Crippen LogP contribution is 2.14. The van der Waals surface area contributed by atoms with E-state index in [1.165, 1.54) is 64.2 Å². The number of hydrogen-bond donors (Lipinski definition) is 0. The second-order valence-corrected chi connectivity index (χ2v) is 16.5. The number of unbranched alkanes of at least 4 members (excludes halogenated alkanes) is 21. The van der Waals surface area contributed by atoms with Gasteiger partial charge in [-0.2, -0.15) is 0 Å². The van der Waals surface area contributed by atoms with E-state index < -0.39 is 6.10 Å². The summed E-state index contributed by atoms with van der Waals surface area (Å²) in [7, 11) is 0. The van der Waals surface area contributed by atoms with Gasteiger partial charge in [-0.25, -0.2) is 0 Å². The normalized spacial score (nSPS) is 12.9. The summed E-state index contributed by atoms with van der Waals surface area (Å²) in [6.45, 7) is 6.38. The topological polar surface area (TPSA) is 78.9 Å². The molecular formula is C56H92O6. The molecule has 6 heteroatoms. The van der Waals surface area contributed by atoms with Crippen molar-refractivity contribution in [3.63, 3.8) is 0 Å². The summed E-state index contributed by atoms with van der Waals surface area (Å²) in [5, 5.41) is 0. The standard InChI is InChI=1S/C56H92O6/c1-4-7-10-13-16-19-22-24-26-28-29-31-32-34-37-40-43-46-49-55(58)61-52-53(51-60-54(57)48-45-42-39-36-21-18-15-12-9-6-3)62-56(59)50-47-44-41-38-35-33-30-27-25-23-20-17-14-11-8-5-2/h8,10-11,13,16-17,19-20,22,24-29,31,53H,4-7,9,12,14-15,18,21,23,30,32-52H2,1-3H3/b11-8-,13-10-,19-16-,20-17-,24-22-,27-25-,28-26-,31-29-. The molecule has 0 aromatic rings. The Hall–Kier alpha value is -3.67. The van der Waals surface area contributed by atoms with Gasteiger partial charge in [-0.3, -0.25) is 14.4 Å². The lowest BCUT2D eigenvalue weighted by atomic mass is 10.1. The molecule has 0 saturated carbocycles. The predicted octanol–water partition coefficient (Wildman–Crippen LogP) is 16.6. The first kappa shape index (κ1) is 58.3. The Bertz CT molecular complexity index is 1260. The van der Waals surface area contributed by atoms with Gasteiger partial charge in [0.25, 0.3) is 0 Å². The van der Waals surface area contributed by atoms with Gasteiger partial charge < -0.3 is 14.2 Å². The minimum Gasteiger partial charge on any atom is -0.462 e. The van der Waals surface area contributed by atoms with Crippen LogP contribution in [0.25, 0.3) is 0 Å². The van der Waals surface area contributed by atoms with Crippen LogP contribution in [0, 0.1) is 0 Å². The first-order valence-corrected chi connectivity index (χ1v) is 25.3. The Morgan fingerprint density at radius 2 is 0.726 bits per heavy atom. The molecule has 0 aliphatic heterocycles. The zero-order chi connectivity index (χ0) is 45.1. The van der Waals surface area contributed by atoms with Crippen LogP contribution >= 0.6 is 0 Å². The second-order valence-electron chi connectivity index (χ2n) is 16.5. The molecule has 0 saturated heterocycles. The molecule has 6 nitrogen and oxygen atoms in total.